The van der Waals surface area contributed by atoms with Crippen molar-refractivity contribution < 1.29 is 4.21 Å². The molecule has 1 N–H and O–H groups in total. The summed E-state index contributed by atoms with van der Waals surface area (Å²) in [6, 6.07) is 8.67. The molecule has 0 fully saturated rings. The van der Waals surface area contributed by atoms with Gasteiger partial charge < -0.3 is 5.32 Å². The first-order valence-electron chi connectivity index (χ1n) is 8.29. The average Bonchev–Trinajstić information content (AvgIpc) is 2.48. The maximum Gasteiger partial charge on any atom is 0.0502 e. The summed E-state index contributed by atoms with van der Waals surface area (Å²) in [5.74, 6) is 0.680. The van der Waals surface area contributed by atoms with E-state index in [0.717, 1.165) is 32.2 Å². The standard InChI is InChI=1S/C18H31NOS/c1-5-10-17(19-13-6-2)18(7-3)21(20)14-16-12-9-8-11-15(16)4/h8-9,11-12,17-19H,5-7,10,13-14H2,1-4H3. The molecule has 3 heteroatoms. The molecule has 0 radical (unpaired) electrons. The molecule has 21 heavy (non-hydrogen) atoms. The van der Waals surface area contributed by atoms with E-state index in [2.05, 4.69) is 45.1 Å². The molecule has 1 aromatic rings. The lowest BCUT2D eigenvalue weighted by molar-refractivity contribution is 0.447. The monoisotopic (exact) mass is 309 g/mol. The summed E-state index contributed by atoms with van der Waals surface area (Å²) >= 11 is 0. The van der Waals surface area contributed by atoms with Crippen LogP contribution in [0.15, 0.2) is 24.3 Å². The molecule has 2 nitrogen and oxygen atoms in total. The summed E-state index contributed by atoms with van der Waals surface area (Å²) in [6.45, 7) is 9.67. The van der Waals surface area contributed by atoms with Crippen LogP contribution in [-0.2, 0) is 16.6 Å². The number of hydrogen-bond donors (Lipinski definition) is 1. The van der Waals surface area contributed by atoms with E-state index in [1.54, 1.807) is 0 Å². The Morgan fingerprint density at radius 1 is 1.14 bits per heavy atom. The van der Waals surface area contributed by atoms with Crippen LogP contribution in [-0.4, -0.2) is 22.0 Å². The van der Waals surface area contributed by atoms with E-state index in [1.165, 1.54) is 11.1 Å². The molecule has 0 bridgehead atoms. The zero-order chi connectivity index (χ0) is 15.7. The Morgan fingerprint density at radius 2 is 1.86 bits per heavy atom. The van der Waals surface area contributed by atoms with Crippen LogP contribution in [0.3, 0.4) is 0 Å². The average molecular weight is 310 g/mol. The van der Waals surface area contributed by atoms with Crippen LogP contribution in [0.2, 0.25) is 0 Å². The van der Waals surface area contributed by atoms with Crippen LogP contribution in [0.25, 0.3) is 0 Å². The molecule has 1 rings (SSSR count). The van der Waals surface area contributed by atoms with Gasteiger partial charge in [0.1, 0.15) is 0 Å². The summed E-state index contributed by atoms with van der Waals surface area (Å²) < 4.78 is 12.8. The summed E-state index contributed by atoms with van der Waals surface area (Å²) in [4.78, 5) is 0. The SMILES string of the molecule is CCCNC(CCC)C(CC)S(=O)Cc1ccccc1C. The van der Waals surface area contributed by atoms with Gasteiger partial charge >= 0.3 is 0 Å². The first-order chi connectivity index (χ1) is 10.1. The Labute approximate surface area is 133 Å². The van der Waals surface area contributed by atoms with Gasteiger partial charge in [-0.3, -0.25) is 4.21 Å². The highest BCUT2D eigenvalue weighted by atomic mass is 32.2. The van der Waals surface area contributed by atoms with Crippen LogP contribution in [0, 0.1) is 6.92 Å². The molecular formula is C18H31NOS. The van der Waals surface area contributed by atoms with Gasteiger partial charge in [-0.1, -0.05) is 51.5 Å². The van der Waals surface area contributed by atoms with Crippen molar-refractivity contribution in [2.24, 2.45) is 0 Å². The number of hydrogen-bond acceptors (Lipinski definition) is 2. The van der Waals surface area contributed by atoms with Crippen LogP contribution >= 0.6 is 0 Å². The molecule has 0 spiro atoms. The first-order valence-corrected chi connectivity index (χ1v) is 9.67. The topological polar surface area (TPSA) is 29.1 Å². The van der Waals surface area contributed by atoms with E-state index in [0.29, 0.717) is 11.8 Å². The van der Waals surface area contributed by atoms with Crippen molar-refractivity contribution in [3.05, 3.63) is 35.4 Å². The van der Waals surface area contributed by atoms with E-state index in [1.807, 2.05) is 12.1 Å². The van der Waals surface area contributed by atoms with Gasteiger partial charge in [-0.15, -0.1) is 0 Å². The Bertz CT molecular complexity index is 433. The first kappa shape index (κ1) is 18.4. The van der Waals surface area contributed by atoms with E-state index >= 15 is 0 Å². The van der Waals surface area contributed by atoms with Crippen molar-refractivity contribution in [3.8, 4) is 0 Å². The number of rotatable bonds is 10. The maximum absolute atomic E-state index is 12.8. The van der Waals surface area contributed by atoms with E-state index in [4.69, 9.17) is 0 Å². The minimum absolute atomic E-state index is 0.246. The van der Waals surface area contributed by atoms with Gasteiger partial charge in [-0.05, 0) is 43.9 Å². The predicted molar refractivity (Wildman–Crippen MR) is 94.1 cm³/mol. The van der Waals surface area contributed by atoms with Gasteiger partial charge in [-0.2, -0.15) is 0 Å². The molecule has 120 valence electrons. The molecule has 3 unspecified atom stereocenters. The second-order valence-corrected chi connectivity index (χ2v) is 7.40. The van der Waals surface area contributed by atoms with E-state index < -0.39 is 10.8 Å². The molecule has 3 atom stereocenters. The molecular weight excluding hydrogens is 278 g/mol. The highest BCUT2D eigenvalue weighted by Gasteiger charge is 2.24. The van der Waals surface area contributed by atoms with Crippen LogP contribution in [0.5, 0.6) is 0 Å². The van der Waals surface area contributed by atoms with Gasteiger partial charge in [0.2, 0.25) is 0 Å². The van der Waals surface area contributed by atoms with E-state index in [9.17, 15) is 4.21 Å². The summed E-state index contributed by atoms with van der Waals surface area (Å²) in [7, 11) is -0.817. The molecule has 0 heterocycles. The van der Waals surface area contributed by atoms with Crippen molar-refractivity contribution in [1.82, 2.24) is 5.32 Å². The zero-order valence-corrected chi connectivity index (χ0v) is 14.8. The third-order valence-corrected chi connectivity index (χ3v) is 5.94. The van der Waals surface area contributed by atoms with Crippen molar-refractivity contribution in [1.29, 1.82) is 0 Å². The Balaban J connectivity index is 2.76. The minimum Gasteiger partial charge on any atom is -0.313 e. The van der Waals surface area contributed by atoms with Crippen molar-refractivity contribution in [2.45, 2.75) is 70.4 Å². The number of nitrogens with one attached hydrogen (secondary N) is 1. The summed E-state index contributed by atoms with van der Waals surface area (Å²) in [5.41, 5.74) is 2.47. The molecule has 0 saturated heterocycles. The Hall–Kier alpha value is -0.670. The number of aryl methyl sites for hydroxylation is 1. The molecule has 0 amide bonds. The Kier molecular flexibility index (Phi) is 8.86. The van der Waals surface area contributed by atoms with Gasteiger partial charge in [0.25, 0.3) is 0 Å². The lowest BCUT2D eigenvalue weighted by Crippen LogP contribution is -2.42. The second kappa shape index (κ2) is 10.1. The lowest BCUT2D eigenvalue weighted by atomic mass is 10.1. The van der Waals surface area contributed by atoms with Crippen LogP contribution in [0.1, 0.15) is 57.6 Å². The third kappa shape index (κ3) is 5.91. The van der Waals surface area contributed by atoms with Crippen LogP contribution in [0.4, 0.5) is 0 Å². The highest BCUT2D eigenvalue weighted by Crippen LogP contribution is 2.18. The van der Waals surface area contributed by atoms with Crippen LogP contribution < -0.4 is 5.32 Å². The van der Waals surface area contributed by atoms with Crippen molar-refractivity contribution in [2.75, 3.05) is 6.54 Å². The third-order valence-electron chi connectivity index (χ3n) is 4.00. The molecule has 0 aliphatic rings. The van der Waals surface area contributed by atoms with Crippen molar-refractivity contribution >= 4 is 10.8 Å². The molecule has 0 aliphatic heterocycles. The molecule has 0 aromatic heterocycles. The van der Waals surface area contributed by atoms with Gasteiger partial charge in [-0.25, -0.2) is 0 Å². The fraction of sp³-hybridized carbons (Fsp3) is 0.667. The van der Waals surface area contributed by atoms with Gasteiger partial charge in [0.15, 0.2) is 0 Å². The fourth-order valence-corrected chi connectivity index (χ4v) is 4.56. The largest absolute Gasteiger partial charge is 0.313 e. The smallest absolute Gasteiger partial charge is 0.0502 e. The second-order valence-electron chi connectivity index (χ2n) is 5.75. The van der Waals surface area contributed by atoms with Gasteiger partial charge in [0, 0.05) is 22.6 Å². The molecule has 0 saturated carbocycles. The summed E-state index contributed by atoms with van der Waals surface area (Å²) in [6.07, 6.45) is 4.35. The zero-order valence-electron chi connectivity index (χ0n) is 14.0. The maximum atomic E-state index is 12.8. The summed E-state index contributed by atoms with van der Waals surface area (Å²) in [5, 5.41) is 3.86. The fourth-order valence-electron chi connectivity index (χ4n) is 2.75. The Morgan fingerprint density at radius 3 is 2.43 bits per heavy atom. The number of benzene rings is 1. The van der Waals surface area contributed by atoms with Crippen molar-refractivity contribution in [3.63, 3.8) is 0 Å². The molecule has 0 aliphatic carbocycles. The lowest BCUT2D eigenvalue weighted by Gasteiger charge is -2.27. The van der Waals surface area contributed by atoms with E-state index in [-0.39, 0.29) is 5.25 Å². The minimum atomic E-state index is -0.817. The molecule has 1 aromatic carbocycles. The highest BCUT2D eigenvalue weighted by molar-refractivity contribution is 7.84. The normalized spacial score (nSPS) is 15.6. The quantitative estimate of drug-likeness (QED) is 0.702. The van der Waals surface area contributed by atoms with Gasteiger partial charge in [0.05, 0.1) is 5.25 Å². The predicted octanol–water partition coefficient (Wildman–Crippen LogP) is 4.19.